The summed E-state index contributed by atoms with van der Waals surface area (Å²) in [6.07, 6.45) is 0. The highest BCUT2D eigenvalue weighted by molar-refractivity contribution is 7.80. The second kappa shape index (κ2) is 5.30. The first-order valence-electron chi connectivity index (χ1n) is 5.94. The average molecular weight is 318 g/mol. The molecule has 0 atom stereocenters. The van der Waals surface area contributed by atoms with Crippen LogP contribution in [0.1, 0.15) is 5.82 Å². The number of fused-ring (bicyclic) bond motifs is 1. The summed E-state index contributed by atoms with van der Waals surface area (Å²) in [5, 5.41) is 29.4. The zero-order valence-electron chi connectivity index (χ0n) is 10.8. The van der Waals surface area contributed by atoms with Crippen LogP contribution in [-0.2, 0) is 0 Å². The highest BCUT2D eigenvalue weighted by atomic mass is 32.1. The van der Waals surface area contributed by atoms with Gasteiger partial charge in [0.25, 0.3) is 0 Å². The SMILES string of the molecule is Cc1nsc(/N=N/c2c(S)cc3ccc(O)cc3c2O)n1. The first-order valence-corrected chi connectivity index (χ1v) is 7.16. The molecule has 0 spiro atoms. The van der Waals surface area contributed by atoms with Gasteiger partial charge in [-0.1, -0.05) is 6.07 Å². The van der Waals surface area contributed by atoms with E-state index >= 15 is 0 Å². The molecule has 2 N–H and O–H groups in total. The topological polar surface area (TPSA) is 91.0 Å². The van der Waals surface area contributed by atoms with Crippen molar-refractivity contribution in [2.45, 2.75) is 11.8 Å². The van der Waals surface area contributed by atoms with Gasteiger partial charge in [0.15, 0.2) is 5.75 Å². The number of aromatic nitrogens is 2. The molecule has 0 saturated heterocycles. The number of rotatable bonds is 2. The molecule has 0 saturated carbocycles. The molecule has 106 valence electrons. The van der Waals surface area contributed by atoms with E-state index in [9.17, 15) is 10.2 Å². The van der Waals surface area contributed by atoms with Crippen LogP contribution in [0, 0.1) is 6.92 Å². The fourth-order valence-electron chi connectivity index (χ4n) is 1.86. The van der Waals surface area contributed by atoms with Crippen molar-refractivity contribution in [3.8, 4) is 11.5 Å². The third-order valence-corrected chi connectivity index (χ3v) is 3.84. The molecule has 8 heteroatoms. The first-order chi connectivity index (χ1) is 10.0. The Morgan fingerprint density at radius 1 is 1.19 bits per heavy atom. The Balaban J connectivity index is 2.11. The Bertz CT molecular complexity index is 861. The molecule has 0 bridgehead atoms. The molecule has 0 amide bonds. The monoisotopic (exact) mass is 318 g/mol. The summed E-state index contributed by atoms with van der Waals surface area (Å²) in [6, 6.07) is 6.45. The molecule has 3 rings (SSSR count). The maximum Gasteiger partial charge on any atom is 0.249 e. The Kier molecular flexibility index (Phi) is 3.48. The molecule has 6 nitrogen and oxygen atoms in total. The van der Waals surface area contributed by atoms with E-state index in [1.807, 2.05) is 0 Å². The third-order valence-electron chi connectivity index (χ3n) is 2.80. The van der Waals surface area contributed by atoms with Gasteiger partial charge in [0, 0.05) is 21.8 Å². The van der Waals surface area contributed by atoms with Crippen molar-refractivity contribution in [2.24, 2.45) is 10.2 Å². The van der Waals surface area contributed by atoms with E-state index in [1.165, 1.54) is 6.07 Å². The predicted octanol–water partition coefficient (Wildman–Crippen LogP) is 4.12. The summed E-state index contributed by atoms with van der Waals surface area (Å²) in [5.74, 6) is 0.596. The second-order valence-corrected chi connectivity index (χ2v) is 5.53. The molecular formula is C13H10N4O2S2. The van der Waals surface area contributed by atoms with E-state index in [2.05, 4.69) is 32.2 Å². The van der Waals surface area contributed by atoms with Crippen molar-refractivity contribution < 1.29 is 10.2 Å². The van der Waals surface area contributed by atoms with E-state index in [4.69, 9.17) is 0 Å². The third kappa shape index (κ3) is 2.67. The minimum absolute atomic E-state index is 0.0624. The predicted molar refractivity (Wildman–Crippen MR) is 83.4 cm³/mol. The van der Waals surface area contributed by atoms with Crippen molar-refractivity contribution in [1.82, 2.24) is 9.36 Å². The second-order valence-electron chi connectivity index (χ2n) is 4.32. The van der Waals surface area contributed by atoms with Gasteiger partial charge in [-0.15, -0.1) is 22.9 Å². The normalized spacial score (nSPS) is 11.5. The Labute approximate surface area is 129 Å². The first kappa shape index (κ1) is 13.8. The molecule has 0 fully saturated rings. The molecule has 1 heterocycles. The fraction of sp³-hybridized carbons (Fsp3) is 0.0769. The number of benzene rings is 2. The van der Waals surface area contributed by atoms with Gasteiger partial charge in [0.1, 0.15) is 17.3 Å². The van der Waals surface area contributed by atoms with Crippen molar-refractivity contribution in [3.63, 3.8) is 0 Å². The van der Waals surface area contributed by atoms with Crippen molar-refractivity contribution >= 4 is 45.8 Å². The van der Waals surface area contributed by atoms with Gasteiger partial charge < -0.3 is 10.2 Å². The molecular weight excluding hydrogens is 308 g/mol. The van der Waals surface area contributed by atoms with Gasteiger partial charge in [-0.2, -0.15) is 4.37 Å². The van der Waals surface area contributed by atoms with Crippen molar-refractivity contribution in [2.75, 3.05) is 0 Å². The van der Waals surface area contributed by atoms with Crippen molar-refractivity contribution in [3.05, 3.63) is 30.1 Å². The summed E-state index contributed by atoms with van der Waals surface area (Å²) < 4.78 is 4.00. The van der Waals surface area contributed by atoms with Gasteiger partial charge in [-0.25, -0.2) is 4.98 Å². The Morgan fingerprint density at radius 3 is 2.71 bits per heavy atom. The lowest BCUT2D eigenvalue weighted by molar-refractivity contribution is 0.471. The molecule has 3 aromatic rings. The lowest BCUT2D eigenvalue weighted by Crippen LogP contribution is -1.78. The quantitative estimate of drug-likeness (QED) is 0.490. The highest BCUT2D eigenvalue weighted by Crippen LogP contribution is 2.41. The number of nitrogens with zero attached hydrogens (tertiary/aromatic N) is 4. The van der Waals surface area contributed by atoms with E-state index < -0.39 is 0 Å². The zero-order chi connectivity index (χ0) is 15.0. The average Bonchev–Trinajstić information content (AvgIpc) is 2.85. The molecule has 0 radical (unpaired) electrons. The number of aryl methyl sites for hydroxylation is 1. The Morgan fingerprint density at radius 2 is 2.00 bits per heavy atom. The number of hydrogen-bond acceptors (Lipinski definition) is 8. The Hall–Kier alpha value is -2.19. The molecule has 2 aromatic carbocycles. The van der Waals surface area contributed by atoms with E-state index in [0.29, 0.717) is 21.2 Å². The molecule has 0 aliphatic carbocycles. The lowest BCUT2D eigenvalue weighted by Gasteiger charge is -2.07. The van der Waals surface area contributed by atoms with Crippen LogP contribution in [0.4, 0.5) is 10.8 Å². The van der Waals surface area contributed by atoms with Crippen LogP contribution < -0.4 is 0 Å². The van der Waals surface area contributed by atoms with Crippen LogP contribution in [0.5, 0.6) is 11.5 Å². The summed E-state index contributed by atoms with van der Waals surface area (Å²) in [4.78, 5) is 4.54. The van der Waals surface area contributed by atoms with Gasteiger partial charge in [-0.05, 0) is 30.5 Å². The number of thiol groups is 1. The van der Waals surface area contributed by atoms with Gasteiger partial charge in [0.2, 0.25) is 5.13 Å². The van der Waals surface area contributed by atoms with E-state index in [0.717, 1.165) is 16.9 Å². The van der Waals surface area contributed by atoms with Crippen LogP contribution in [0.3, 0.4) is 0 Å². The molecule has 0 unspecified atom stereocenters. The summed E-state index contributed by atoms with van der Waals surface area (Å²) in [6.45, 7) is 1.76. The van der Waals surface area contributed by atoms with E-state index in [1.54, 1.807) is 25.1 Å². The number of hydrogen-bond donors (Lipinski definition) is 3. The minimum Gasteiger partial charge on any atom is -0.508 e. The number of aromatic hydroxyl groups is 2. The minimum atomic E-state index is -0.0848. The smallest absolute Gasteiger partial charge is 0.249 e. The van der Waals surface area contributed by atoms with Crippen LogP contribution in [0.25, 0.3) is 10.8 Å². The van der Waals surface area contributed by atoms with Crippen LogP contribution in [0.2, 0.25) is 0 Å². The molecule has 0 aliphatic rings. The highest BCUT2D eigenvalue weighted by Gasteiger charge is 2.11. The summed E-state index contributed by atoms with van der Waals surface area (Å²) in [5.41, 5.74) is 0.226. The van der Waals surface area contributed by atoms with Crippen LogP contribution in [-0.4, -0.2) is 19.6 Å². The zero-order valence-corrected chi connectivity index (χ0v) is 12.6. The van der Waals surface area contributed by atoms with Crippen molar-refractivity contribution in [1.29, 1.82) is 0 Å². The lowest BCUT2D eigenvalue weighted by atomic mass is 10.1. The molecule has 21 heavy (non-hydrogen) atoms. The van der Waals surface area contributed by atoms with E-state index in [-0.39, 0.29) is 17.2 Å². The van der Waals surface area contributed by atoms with Crippen LogP contribution >= 0.6 is 24.2 Å². The number of azo groups is 1. The molecule has 0 aliphatic heterocycles. The molecule has 1 aromatic heterocycles. The number of phenolic OH excluding ortho intramolecular Hbond substituents is 2. The number of phenols is 2. The maximum absolute atomic E-state index is 10.3. The largest absolute Gasteiger partial charge is 0.508 e. The van der Waals surface area contributed by atoms with Gasteiger partial charge in [-0.3, -0.25) is 0 Å². The van der Waals surface area contributed by atoms with Gasteiger partial charge in [0.05, 0.1) is 0 Å². The maximum atomic E-state index is 10.3. The van der Waals surface area contributed by atoms with Crippen LogP contribution in [0.15, 0.2) is 39.4 Å². The summed E-state index contributed by atoms with van der Waals surface area (Å²) in [7, 11) is 0. The fourth-order valence-corrected chi connectivity index (χ4v) is 2.65. The van der Waals surface area contributed by atoms with Gasteiger partial charge >= 0.3 is 0 Å². The summed E-state index contributed by atoms with van der Waals surface area (Å²) >= 11 is 5.43. The standard InChI is InChI=1S/C13H10N4O2S2/c1-6-14-13(21-17-6)16-15-11-10(20)4-7-2-3-8(18)5-9(7)12(11)19/h2-5,18-20H,1H3/b16-15+.